The normalized spacial score (nSPS) is 11.5. The molecule has 6 heteroatoms. The SMILES string of the molecule is CCC(C(=O)O)c1ccc(Sc2ccc(N(CCCc3ccccc3)C(=O)NCc3ccccc3)cc2)cc1. The first-order valence-electron chi connectivity index (χ1n) is 13.3. The van der Waals surface area contributed by atoms with E-state index in [0.717, 1.165) is 39.4 Å². The van der Waals surface area contributed by atoms with Crippen molar-refractivity contribution in [1.82, 2.24) is 5.32 Å². The van der Waals surface area contributed by atoms with Gasteiger partial charge in [0.25, 0.3) is 0 Å². The number of hydrogen-bond acceptors (Lipinski definition) is 3. The van der Waals surface area contributed by atoms with Gasteiger partial charge in [-0.1, -0.05) is 91.5 Å². The Labute approximate surface area is 234 Å². The van der Waals surface area contributed by atoms with Gasteiger partial charge in [-0.05, 0) is 72.4 Å². The molecule has 4 aromatic carbocycles. The molecule has 4 rings (SSSR count). The fourth-order valence-corrected chi connectivity index (χ4v) is 5.27. The first kappa shape index (κ1) is 28.0. The lowest BCUT2D eigenvalue weighted by molar-refractivity contribution is -0.138. The third-order valence-corrected chi connectivity index (χ3v) is 7.61. The Morgan fingerprint density at radius 1 is 0.795 bits per heavy atom. The first-order valence-corrected chi connectivity index (χ1v) is 14.1. The highest BCUT2D eigenvalue weighted by molar-refractivity contribution is 7.99. The standard InChI is InChI=1S/C33H34N2O3S/c1-2-31(32(36)37)27-15-19-29(20-16-27)39-30-21-17-28(18-22-30)35(23-9-14-25-10-5-3-6-11-25)33(38)34-24-26-12-7-4-8-13-26/h3-8,10-13,15-22,31H,2,9,14,23-24H2,1H3,(H,34,38)(H,36,37). The Hall–Kier alpha value is -4.03. The van der Waals surface area contributed by atoms with Gasteiger partial charge in [0.05, 0.1) is 5.92 Å². The predicted octanol–water partition coefficient (Wildman–Crippen LogP) is 7.77. The molecule has 0 aliphatic heterocycles. The van der Waals surface area contributed by atoms with Gasteiger partial charge in [0.1, 0.15) is 0 Å². The van der Waals surface area contributed by atoms with Crippen LogP contribution in [-0.4, -0.2) is 23.7 Å². The number of nitrogens with one attached hydrogen (secondary N) is 1. The Bertz CT molecular complexity index is 1330. The van der Waals surface area contributed by atoms with E-state index in [-0.39, 0.29) is 6.03 Å². The number of urea groups is 1. The fourth-order valence-electron chi connectivity index (χ4n) is 4.45. The molecule has 0 aliphatic rings. The number of benzene rings is 4. The molecule has 0 aromatic heterocycles. The second-order valence-electron chi connectivity index (χ2n) is 9.35. The minimum absolute atomic E-state index is 0.119. The lowest BCUT2D eigenvalue weighted by Crippen LogP contribution is -2.40. The maximum absolute atomic E-state index is 13.3. The van der Waals surface area contributed by atoms with Crippen LogP contribution >= 0.6 is 11.8 Å². The maximum atomic E-state index is 13.3. The van der Waals surface area contributed by atoms with E-state index in [2.05, 4.69) is 17.4 Å². The number of rotatable bonds is 12. The van der Waals surface area contributed by atoms with Crippen LogP contribution in [0.5, 0.6) is 0 Å². The van der Waals surface area contributed by atoms with Gasteiger partial charge in [0.2, 0.25) is 0 Å². The number of anilines is 1. The Balaban J connectivity index is 1.43. The van der Waals surface area contributed by atoms with Gasteiger partial charge in [-0.15, -0.1) is 0 Å². The number of aryl methyl sites for hydroxylation is 1. The van der Waals surface area contributed by atoms with E-state index < -0.39 is 11.9 Å². The minimum atomic E-state index is -0.797. The van der Waals surface area contributed by atoms with Crippen molar-refractivity contribution >= 4 is 29.4 Å². The summed E-state index contributed by atoms with van der Waals surface area (Å²) in [5, 5.41) is 12.5. The van der Waals surface area contributed by atoms with Crippen LogP contribution in [0.3, 0.4) is 0 Å². The lowest BCUT2D eigenvalue weighted by atomic mass is 9.97. The monoisotopic (exact) mass is 538 g/mol. The number of nitrogens with zero attached hydrogens (tertiary/aromatic N) is 1. The van der Waals surface area contributed by atoms with E-state index in [4.69, 9.17) is 0 Å². The first-order chi connectivity index (χ1) is 19.0. The van der Waals surface area contributed by atoms with Crippen LogP contribution in [0.4, 0.5) is 10.5 Å². The summed E-state index contributed by atoms with van der Waals surface area (Å²) in [6.07, 6.45) is 2.30. The molecule has 1 atom stereocenters. The molecule has 2 N–H and O–H groups in total. The van der Waals surface area contributed by atoms with Gasteiger partial charge in [0.15, 0.2) is 0 Å². The minimum Gasteiger partial charge on any atom is -0.481 e. The molecule has 0 radical (unpaired) electrons. The van der Waals surface area contributed by atoms with Crippen LogP contribution < -0.4 is 10.2 Å². The number of amides is 2. The van der Waals surface area contributed by atoms with Crippen molar-refractivity contribution in [2.75, 3.05) is 11.4 Å². The molecular formula is C33H34N2O3S. The Kier molecular flexibility index (Phi) is 10.2. The topological polar surface area (TPSA) is 69.6 Å². The molecule has 2 amide bonds. The van der Waals surface area contributed by atoms with Crippen molar-refractivity contribution in [2.24, 2.45) is 0 Å². The zero-order valence-corrected chi connectivity index (χ0v) is 22.9. The second kappa shape index (κ2) is 14.2. The van der Waals surface area contributed by atoms with Crippen molar-refractivity contribution in [2.45, 2.75) is 48.4 Å². The zero-order chi connectivity index (χ0) is 27.5. The molecule has 5 nitrogen and oxygen atoms in total. The average molecular weight is 539 g/mol. The average Bonchev–Trinajstić information content (AvgIpc) is 2.97. The van der Waals surface area contributed by atoms with Gasteiger partial charge in [-0.2, -0.15) is 0 Å². The summed E-state index contributed by atoms with van der Waals surface area (Å²) >= 11 is 1.61. The van der Waals surface area contributed by atoms with Crippen molar-refractivity contribution in [3.05, 3.63) is 126 Å². The number of carboxylic acids is 1. The van der Waals surface area contributed by atoms with Gasteiger partial charge < -0.3 is 10.4 Å². The molecule has 0 saturated carbocycles. The summed E-state index contributed by atoms with van der Waals surface area (Å²) in [4.78, 5) is 28.6. The van der Waals surface area contributed by atoms with E-state index in [1.807, 2.05) is 109 Å². The van der Waals surface area contributed by atoms with Gasteiger partial charge >= 0.3 is 12.0 Å². The predicted molar refractivity (Wildman–Crippen MR) is 158 cm³/mol. The molecule has 0 saturated heterocycles. The van der Waals surface area contributed by atoms with Crippen molar-refractivity contribution in [1.29, 1.82) is 0 Å². The van der Waals surface area contributed by atoms with Gasteiger partial charge in [-0.3, -0.25) is 9.69 Å². The van der Waals surface area contributed by atoms with Gasteiger partial charge in [-0.25, -0.2) is 4.79 Å². The van der Waals surface area contributed by atoms with Crippen LogP contribution in [-0.2, 0) is 17.8 Å². The molecule has 200 valence electrons. The summed E-state index contributed by atoms with van der Waals surface area (Å²) in [6, 6.07) is 35.8. The molecule has 0 fully saturated rings. The summed E-state index contributed by atoms with van der Waals surface area (Å²) in [5.74, 6) is -1.28. The van der Waals surface area contributed by atoms with E-state index in [9.17, 15) is 14.7 Å². The van der Waals surface area contributed by atoms with Crippen molar-refractivity contribution < 1.29 is 14.7 Å². The number of aliphatic carboxylic acids is 1. The van der Waals surface area contributed by atoms with Crippen molar-refractivity contribution in [3.63, 3.8) is 0 Å². The molecule has 1 unspecified atom stereocenters. The van der Waals surface area contributed by atoms with Crippen LogP contribution in [0, 0.1) is 0 Å². The van der Waals surface area contributed by atoms with E-state index in [1.165, 1.54) is 5.56 Å². The number of carbonyl (C=O) groups is 2. The van der Waals surface area contributed by atoms with Crippen LogP contribution in [0.2, 0.25) is 0 Å². The summed E-state index contributed by atoms with van der Waals surface area (Å²) < 4.78 is 0. The third-order valence-electron chi connectivity index (χ3n) is 6.59. The number of carbonyl (C=O) groups excluding carboxylic acids is 1. The van der Waals surface area contributed by atoms with E-state index >= 15 is 0 Å². The molecule has 0 heterocycles. The summed E-state index contributed by atoms with van der Waals surface area (Å²) in [5.41, 5.74) is 3.98. The molecule has 4 aromatic rings. The fraction of sp³-hybridized carbons (Fsp3) is 0.212. The molecule has 0 spiro atoms. The quantitative estimate of drug-likeness (QED) is 0.193. The van der Waals surface area contributed by atoms with E-state index in [1.54, 1.807) is 11.8 Å². The lowest BCUT2D eigenvalue weighted by Gasteiger charge is -2.24. The second-order valence-corrected chi connectivity index (χ2v) is 10.5. The van der Waals surface area contributed by atoms with E-state index in [0.29, 0.717) is 19.5 Å². The molecular weight excluding hydrogens is 504 g/mol. The smallest absolute Gasteiger partial charge is 0.322 e. The summed E-state index contributed by atoms with van der Waals surface area (Å²) in [6.45, 7) is 2.96. The zero-order valence-electron chi connectivity index (χ0n) is 22.1. The summed E-state index contributed by atoms with van der Waals surface area (Å²) in [7, 11) is 0. The van der Waals surface area contributed by atoms with Crippen LogP contribution in [0.25, 0.3) is 0 Å². The third kappa shape index (κ3) is 8.23. The van der Waals surface area contributed by atoms with Crippen LogP contribution in [0.15, 0.2) is 119 Å². The van der Waals surface area contributed by atoms with Crippen molar-refractivity contribution in [3.8, 4) is 0 Å². The van der Waals surface area contributed by atoms with Gasteiger partial charge in [0, 0.05) is 28.6 Å². The number of carboxylic acid groups (broad SMARTS) is 1. The molecule has 39 heavy (non-hydrogen) atoms. The van der Waals surface area contributed by atoms with Crippen LogP contribution in [0.1, 0.15) is 42.4 Å². The highest BCUT2D eigenvalue weighted by Gasteiger charge is 2.18. The Morgan fingerprint density at radius 2 is 1.36 bits per heavy atom. The highest BCUT2D eigenvalue weighted by atomic mass is 32.2. The Morgan fingerprint density at radius 3 is 1.92 bits per heavy atom. The molecule has 0 bridgehead atoms. The largest absolute Gasteiger partial charge is 0.481 e. The maximum Gasteiger partial charge on any atom is 0.322 e. The number of hydrogen-bond donors (Lipinski definition) is 2. The highest BCUT2D eigenvalue weighted by Crippen LogP contribution is 2.31. The molecule has 0 aliphatic carbocycles.